The van der Waals surface area contributed by atoms with Crippen molar-refractivity contribution in [1.82, 2.24) is 10.9 Å². The Morgan fingerprint density at radius 2 is 1.74 bits per heavy atom. The maximum absolute atomic E-state index is 11.9. The molecule has 0 aliphatic carbocycles. The van der Waals surface area contributed by atoms with Gasteiger partial charge in [-0.1, -0.05) is 23.7 Å². The second-order valence-corrected chi connectivity index (χ2v) is 5.08. The molecule has 0 heterocycles. The lowest BCUT2D eigenvalue weighted by Crippen LogP contribution is -2.42. The molecule has 0 fully saturated rings. The third-order valence-electron chi connectivity index (χ3n) is 2.90. The fourth-order valence-electron chi connectivity index (χ4n) is 1.82. The van der Waals surface area contributed by atoms with E-state index in [-0.39, 0.29) is 28.5 Å². The van der Waals surface area contributed by atoms with E-state index in [0.29, 0.717) is 5.56 Å². The summed E-state index contributed by atoms with van der Waals surface area (Å²) in [5.74, 6) is -2.13. The van der Waals surface area contributed by atoms with Gasteiger partial charge in [-0.05, 0) is 23.8 Å². The van der Waals surface area contributed by atoms with Gasteiger partial charge in [-0.15, -0.1) is 0 Å². The maximum Gasteiger partial charge on any atom is 0.273 e. The van der Waals surface area contributed by atoms with Gasteiger partial charge in [-0.25, -0.2) is 0 Å². The topological polar surface area (TPSA) is 119 Å². The number of rotatable bonds is 3. The smallest absolute Gasteiger partial charge is 0.273 e. The lowest BCUT2D eigenvalue weighted by atomic mass is 10.1. The lowest BCUT2D eigenvalue weighted by molar-refractivity contribution is -0.121. The van der Waals surface area contributed by atoms with Gasteiger partial charge in [-0.2, -0.15) is 0 Å². The standard InChI is InChI=1S/C15H13ClN2O5/c16-11-6-10(12(20)7-13(11)21)15(23)18-17-14(22)5-8-2-1-3-9(19)4-8/h1-4,6-7,19-21H,5H2,(H,17,22)(H,18,23). The van der Waals surface area contributed by atoms with E-state index in [1.165, 1.54) is 12.1 Å². The fourth-order valence-corrected chi connectivity index (χ4v) is 1.99. The highest BCUT2D eigenvalue weighted by Crippen LogP contribution is 2.30. The first-order valence-corrected chi connectivity index (χ1v) is 6.83. The van der Waals surface area contributed by atoms with E-state index in [9.17, 15) is 24.9 Å². The van der Waals surface area contributed by atoms with Crippen LogP contribution in [0.5, 0.6) is 17.2 Å². The number of carbonyl (C=O) groups excluding carboxylic acids is 2. The number of halogens is 1. The van der Waals surface area contributed by atoms with Gasteiger partial charge >= 0.3 is 0 Å². The van der Waals surface area contributed by atoms with E-state index < -0.39 is 17.6 Å². The number of aromatic hydroxyl groups is 3. The van der Waals surface area contributed by atoms with Crippen molar-refractivity contribution < 1.29 is 24.9 Å². The summed E-state index contributed by atoms with van der Waals surface area (Å²) < 4.78 is 0. The SMILES string of the molecule is O=C(Cc1cccc(O)c1)NNC(=O)c1cc(Cl)c(O)cc1O. The molecule has 120 valence electrons. The Balaban J connectivity index is 1.96. The highest BCUT2D eigenvalue weighted by molar-refractivity contribution is 6.32. The van der Waals surface area contributed by atoms with Gasteiger partial charge in [-0.3, -0.25) is 20.4 Å². The number of amides is 2. The first kappa shape index (κ1) is 16.4. The highest BCUT2D eigenvalue weighted by Gasteiger charge is 2.15. The average Bonchev–Trinajstić information content (AvgIpc) is 2.48. The molecule has 5 N–H and O–H groups in total. The zero-order valence-electron chi connectivity index (χ0n) is 11.7. The van der Waals surface area contributed by atoms with Crippen LogP contribution in [0.3, 0.4) is 0 Å². The average molecular weight is 337 g/mol. The second kappa shape index (κ2) is 6.89. The molecule has 0 aliphatic heterocycles. The van der Waals surface area contributed by atoms with Crippen LogP contribution in [0.4, 0.5) is 0 Å². The third-order valence-corrected chi connectivity index (χ3v) is 3.20. The van der Waals surface area contributed by atoms with Crippen molar-refractivity contribution in [2.24, 2.45) is 0 Å². The van der Waals surface area contributed by atoms with Crippen LogP contribution in [0.15, 0.2) is 36.4 Å². The van der Waals surface area contributed by atoms with Crippen LogP contribution in [0, 0.1) is 0 Å². The molecule has 2 rings (SSSR count). The quantitative estimate of drug-likeness (QED) is 0.544. The summed E-state index contributed by atoms with van der Waals surface area (Å²) in [7, 11) is 0. The summed E-state index contributed by atoms with van der Waals surface area (Å²) in [5, 5.41) is 28.1. The van der Waals surface area contributed by atoms with E-state index >= 15 is 0 Å². The summed E-state index contributed by atoms with van der Waals surface area (Å²) in [5.41, 5.74) is 4.65. The summed E-state index contributed by atoms with van der Waals surface area (Å²) in [6, 6.07) is 8.13. The minimum Gasteiger partial charge on any atom is -0.508 e. The summed E-state index contributed by atoms with van der Waals surface area (Å²) in [6.45, 7) is 0. The van der Waals surface area contributed by atoms with Gasteiger partial charge in [0.15, 0.2) is 0 Å². The molecule has 2 aromatic rings. The molecule has 7 nitrogen and oxygen atoms in total. The molecule has 0 atom stereocenters. The molecule has 0 saturated heterocycles. The van der Waals surface area contributed by atoms with Crippen molar-refractivity contribution in [3.8, 4) is 17.2 Å². The van der Waals surface area contributed by atoms with Crippen molar-refractivity contribution in [3.63, 3.8) is 0 Å². The molecular weight excluding hydrogens is 324 g/mol. The summed E-state index contributed by atoms with van der Waals surface area (Å²) in [6.07, 6.45) is -0.0585. The number of benzene rings is 2. The minimum atomic E-state index is -0.798. The Hall–Kier alpha value is -2.93. The molecule has 2 aromatic carbocycles. The van der Waals surface area contributed by atoms with Crippen LogP contribution < -0.4 is 10.9 Å². The van der Waals surface area contributed by atoms with Crippen LogP contribution >= 0.6 is 11.6 Å². The molecule has 0 spiro atoms. The van der Waals surface area contributed by atoms with Crippen LogP contribution in [-0.2, 0) is 11.2 Å². The number of carbonyl (C=O) groups is 2. The zero-order valence-corrected chi connectivity index (χ0v) is 12.5. The Kier molecular flexibility index (Phi) is 4.92. The van der Waals surface area contributed by atoms with E-state index in [2.05, 4.69) is 10.9 Å². The lowest BCUT2D eigenvalue weighted by Gasteiger charge is -2.09. The minimum absolute atomic E-state index is 0.0305. The predicted octanol–water partition coefficient (Wildman–Crippen LogP) is 1.46. The number of hydrogen-bond acceptors (Lipinski definition) is 5. The monoisotopic (exact) mass is 336 g/mol. The first-order valence-electron chi connectivity index (χ1n) is 6.45. The van der Waals surface area contributed by atoms with Gasteiger partial charge in [0.25, 0.3) is 5.91 Å². The van der Waals surface area contributed by atoms with Crippen molar-refractivity contribution in [1.29, 1.82) is 0 Å². The Morgan fingerprint density at radius 1 is 1.00 bits per heavy atom. The second-order valence-electron chi connectivity index (χ2n) is 4.67. The molecule has 0 unspecified atom stereocenters. The molecule has 8 heteroatoms. The van der Waals surface area contributed by atoms with Gasteiger partial charge < -0.3 is 15.3 Å². The number of phenolic OH excluding ortho intramolecular Hbond substituents is 3. The van der Waals surface area contributed by atoms with Crippen LogP contribution in [-0.4, -0.2) is 27.1 Å². The molecule has 0 aromatic heterocycles. The molecule has 0 radical (unpaired) electrons. The summed E-state index contributed by atoms with van der Waals surface area (Å²) in [4.78, 5) is 23.6. The Morgan fingerprint density at radius 3 is 2.43 bits per heavy atom. The van der Waals surface area contributed by atoms with Crippen LogP contribution in [0.25, 0.3) is 0 Å². The van der Waals surface area contributed by atoms with Gasteiger partial charge in [0.2, 0.25) is 5.91 Å². The molecule has 0 saturated carbocycles. The molecule has 0 bridgehead atoms. The fraction of sp³-hybridized carbons (Fsp3) is 0.0667. The number of hydrazine groups is 1. The van der Waals surface area contributed by atoms with Gasteiger partial charge in [0, 0.05) is 6.07 Å². The van der Waals surface area contributed by atoms with Crippen molar-refractivity contribution in [2.75, 3.05) is 0 Å². The molecule has 0 aliphatic rings. The van der Waals surface area contributed by atoms with E-state index in [0.717, 1.165) is 12.1 Å². The van der Waals surface area contributed by atoms with E-state index in [4.69, 9.17) is 11.6 Å². The molecule has 23 heavy (non-hydrogen) atoms. The molecular formula is C15H13ClN2O5. The predicted molar refractivity (Wildman–Crippen MR) is 82.2 cm³/mol. The van der Waals surface area contributed by atoms with Crippen LogP contribution in [0.1, 0.15) is 15.9 Å². The van der Waals surface area contributed by atoms with Crippen molar-refractivity contribution >= 4 is 23.4 Å². The number of phenols is 3. The summed E-state index contributed by atoms with van der Waals surface area (Å²) >= 11 is 5.66. The van der Waals surface area contributed by atoms with E-state index in [1.807, 2.05) is 0 Å². The van der Waals surface area contributed by atoms with Crippen LogP contribution in [0.2, 0.25) is 5.02 Å². The largest absolute Gasteiger partial charge is 0.508 e. The normalized spacial score (nSPS) is 10.1. The number of hydrogen-bond donors (Lipinski definition) is 5. The zero-order chi connectivity index (χ0) is 17.0. The van der Waals surface area contributed by atoms with Gasteiger partial charge in [0.1, 0.15) is 17.2 Å². The Bertz CT molecular complexity index is 764. The Labute approximate surface area is 136 Å². The van der Waals surface area contributed by atoms with E-state index in [1.54, 1.807) is 12.1 Å². The number of nitrogens with one attached hydrogen (secondary N) is 2. The van der Waals surface area contributed by atoms with Crippen molar-refractivity contribution in [2.45, 2.75) is 6.42 Å². The maximum atomic E-state index is 11.9. The first-order chi connectivity index (χ1) is 10.9. The highest BCUT2D eigenvalue weighted by atomic mass is 35.5. The van der Waals surface area contributed by atoms with Gasteiger partial charge in [0.05, 0.1) is 17.0 Å². The third kappa shape index (κ3) is 4.27. The molecule has 2 amide bonds. The van der Waals surface area contributed by atoms with Crippen molar-refractivity contribution in [3.05, 3.63) is 52.5 Å².